The van der Waals surface area contributed by atoms with Crippen molar-refractivity contribution in [1.29, 1.82) is 0 Å². The molecule has 5 heteroatoms. The molecule has 1 saturated heterocycles. The number of aromatic nitrogens is 3. The summed E-state index contributed by atoms with van der Waals surface area (Å²) in [4.78, 5) is 0. The number of aryl methyl sites for hydroxylation is 1. The van der Waals surface area contributed by atoms with E-state index in [0.29, 0.717) is 6.04 Å². The molecule has 16 heavy (non-hydrogen) atoms. The van der Waals surface area contributed by atoms with E-state index >= 15 is 0 Å². The average Bonchev–Trinajstić information content (AvgIpc) is 3.07. The Morgan fingerprint density at radius 1 is 1.44 bits per heavy atom. The highest BCUT2D eigenvalue weighted by Gasteiger charge is 2.29. The van der Waals surface area contributed by atoms with E-state index in [1.54, 1.807) is 0 Å². The second-order valence-corrected chi connectivity index (χ2v) is 4.67. The summed E-state index contributed by atoms with van der Waals surface area (Å²) in [6.45, 7) is 4.73. The molecule has 2 heterocycles. The number of nitrogens with zero attached hydrogens (tertiary/aromatic N) is 3. The second kappa shape index (κ2) is 4.14. The van der Waals surface area contributed by atoms with E-state index in [1.165, 1.54) is 12.8 Å². The second-order valence-electron chi connectivity index (χ2n) is 4.67. The first-order valence-corrected chi connectivity index (χ1v) is 6.07. The van der Waals surface area contributed by atoms with Gasteiger partial charge in [-0.1, -0.05) is 0 Å². The molecule has 2 aliphatic rings. The minimum atomic E-state index is 0.259. The lowest BCUT2D eigenvalue weighted by molar-refractivity contribution is 0.0275. The Morgan fingerprint density at radius 3 is 3.00 bits per heavy atom. The van der Waals surface area contributed by atoms with Crippen molar-refractivity contribution in [2.45, 2.75) is 38.3 Å². The summed E-state index contributed by atoms with van der Waals surface area (Å²) in [5.41, 5.74) is 0. The van der Waals surface area contributed by atoms with Gasteiger partial charge in [-0.3, -0.25) is 0 Å². The van der Waals surface area contributed by atoms with E-state index in [0.717, 1.165) is 37.8 Å². The van der Waals surface area contributed by atoms with Crippen LogP contribution in [-0.2, 0) is 11.2 Å². The Kier molecular flexibility index (Phi) is 2.65. The zero-order valence-electron chi connectivity index (χ0n) is 9.65. The summed E-state index contributed by atoms with van der Waals surface area (Å²) in [6.07, 6.45) is 3.69. The number of rotatable bonds is 3. The predicted molar refractivity (Wildman–Crippen MR) is 59.3 cm³/mol. The fraction of sp³-hybridized carbons (Fsp3) is 0.818. The van der Waals surface area contributed by atoms with Crippen molar-refractivity contribution in [2.75, 3.05) is 19.7 Å². The van der Waals surface area contributed by atoms with Crippen molar-refractivity contribution in [3.8, 4) is 0 Å². The maximum absolute atomic E-state index is 5.70. The molecule has 0 bridgehead atoms. The fourth-order valence-corrected chi connectivity index (χ4v) is 2.31. The van der Waals surface area contributed by atoms with Crippen LogP contribution < -0.4 is 5.32 Å². The molecular formula is C11H18N4O. The van der Waals surface area contributed by atoms with E-state index in [2.05, 4.69) is 20.1 Å². The maximum atomic E-state index is 5.70. The van der Waals surface area contributed by atoms with Gasteiger partial charge in [0.05, 0.1) is 12.7 Å². The molecule has 1 aliphatic carbocycles. The van der Waals surface area contributed by atoms with Gasteiger partial charge in [-0.05, 0) is 19.8 Å². The predicted octanol–water partition coefficient (Wildman–Crippen LogP) is 0.452. The molecule has 2 fully saturated rings. The van der Waals surface area contributed by atoms with Gasteiger partial charge >= 0.3 is 0 Å². The van der Waals surface area contributed by atoms with Crippen molar-refractivity contribution >= 4 is 0 Å². The number of ether oxygens (including phenoxy) is 1. The highest BCUT2D eigenvalue weighted by molar-refractivity contribution is 5.02. The summed E-state index contributed by atoms with van der Waals surface area (Å²) in [5.74, 6) is 2.13. The minimum Gasteiger partial charge on any atom is -0.375 e. The molecule has 3 rings (SSSR count). The molecular weight excluding hydrogens is 204 g/mol. The van der Waals surface area contributed by atoms with Crippen molar-refractivity contribution in [3.05, 3.63) is 11.6 Å². The molecule has 1 atom stereocenters. The van der Waals surface area contributed by atoms with Gasteiger partial charge in [0.1, 0.15) is 11.6 Å². The number of hydrogen-bond acceptors (Lipinski definition) is 4. The monoisotopic (exact) mass is 222 g/mol. The van der Waals surface area contributed by atoms with E-state index in [-0.39, 0.29) is 6.10 Å². The molecule has 88 valence electrons. The minimum absolute atomic E-state index is 0.259. The number of hydrogen-bond donors (Lipinski definition) is 1. The van der Waals surface area contributed by atoms with Crippen LogP contribution in [-0.4, -0.2) is 40.6 Å². The Bertz CT molecular complexity index is 366. The molecule has 0 aromatic carbocycles. The van der Waals surface area contributed by atoms with Crippen molar-refractivity contribution in [3.63, 3.8) is 0 Å². The van der Waals surface area contributed by atoms with E-state index in [4.69, 9.17) is 4.74 Å². The Labute approximate surface area is 95.2 Å². The first-order valence-electron chi connectivity index (χ1n) is 6.07. The Morgan fingerprint density at radius 2 is 2.31 bits per heavy atom. The lowest BCUT2D eigenvalue weighted by Gasteiger charge is -2.23. The maximum Gasteiger partial charge on any atom is 0.135 e. The lowest BCUT2D eigenvalue weighted by atomic mass is 10.2. The van der Waals surface area contributed by atoms with Gasteiger partial charge in [-0.15, -0.1) is 10.2 Å². The first kappa shape index (κ1) is 10.2. The van der Waals surface area contributed by atoms with Crippen molar-refractivity contribution < 1.29 is 4.74 Å². The van der Waals surface area contributed by atoms with E-state index in [1.807, 2.05) is 6.92 Å². The van der Waals surface area contributed by atoms with Crippen LogP contribution in [0.4, 0.5) is 0 Å². The summed E-state index contributed by atoms with van der Waals surface area (Å²) in [6, 6.07) is 0.654. The molecule has 1 N–H and O–H groups in total. The van der Waals surface area contributed by atoms with Gasteiger partial charge in [-0.2, -0.15) is 0 Å². The quantitative estimate of drug-likeness (QED) is 0.807. The lowest BCUT2D eigenvalue weighted by Crippen LogP contribution is -2.40. The zero-order chi connectivity index (χ0) is 11.0. The van der Waals surface area contributed by atoms with Gasteiger partial charge in [0, 0.05) is 25.6 Å². The van der Waals surface area contributed by atoms with Crippen LogP contribution in [0.2, 0.25) is 0 Å². The number of morpholine rings is 1. The van der Waals surface area contributed by atoms with E-state index in [9.17, 15) is 0 Å². The van der Waals surface area contributed by atoms with Gasteiger partial charge in [0.15, 0.2) is 0 Å². The van der Waals surface area contributed by atoms with Crippen molar-refractivity contribution in [2.24, 2.45) is 0 Å². The van der Waals surface area contributed by atoms with Gasteiger partial charge in [0.25, 0.3) is 0 Å². The zero-order valence-corrected chi connectivity index (χ0v) is 9.65. The molecule has 1 saturated carbocycles. The highest BCUT2D eigenvalue weighted by atomic mass is 16.5. The van der Waals surface area contributed by atoms with Crippen LogP contribution in [0.1, 0.15) is 30.5 Å². The molecule has 1 aliphatic heterocycles. The number of nitrogens with one attached hydrogen (secondary N) is 1. The van der Waals surface area contributed by atoms with Gasteiger partial charge in [-0.25, -0.2) is 0 Å². The summed E-state index contributed by atoms with van der Waals surface area (Å²) < 4.78 is 7.99. The van der Waals surface area contributed by atoms with Crippen LogP contribution in [0.3, 0.4) is 0 Å². The third-order valence-corrected chi connectivity index (χ3v) is 3.26. The smallest absolute Gasteiger partial charge is 0.135 e. The van der Waals surface area contributed by atoms with E-state index < -0.39 is 0 Å². The Hall–Kier alpha value is -0.940. The third-order valence-electron chi connectivity index (χ3n) is 3.26. The van der Waals surface area contributed by atoms with Crippen molar-refractivity contribution in [1.82, 2.24) is 20.1 Å². The molecule has 0 spiro atoms. The van der Waals surface area contributed by atoms with Crippen LogP contribution in [0.5, 0.6) is 0 Å². The summed E-state index contributed by atoms with van der Waals surface area (Å²) >= 11 is 0. The molecule has 1 aromatic heterocycles. The first-order chi connectivity index (χ1) is 7.84. The molecule has 0 amide bonds. The van der Waals surface area contributed by atoms with Crippen LogP contribution in [0.25, 0.3) is 0 Å². The Balaban J connectivity index is 1.73. The summed E-state index contributed by atoms with van der Waals surface area (Å²) in [5, 5.41) is 11.8. The van der Waals surface area contributed by atoms with Crippen LogP contribution in [0.15, 0.2) is 0 Å². The van der Waals surface area contributed by atoms with Gasteiger partial charge < -0.3 is 14.6 Å². The summed E-state index contributed by atoms with van der Waals surface area (Å²) in [7, 11) is 0. The molecule has 1 aromatic rings. The fourth-order valence-electron chi connectivity index (χ4n) is 2.31. The normalized spacial score (nSPS) is 25.9. The molecule has 1 unspecified atom stereocenters. The largest absolute Gasteiger partial charge is 0.375 e. The highest BCUT2D eigenvalue weighted by Crippen LogP contribution is 2.36. The standard InChI is InChI=1S/C11H18N4O/c1-8-13-14-11(15(8)9-2-3-9)6-10-7-12-4-5-16-10/h9-10,12H,2-7H2,1H3. The molecule has 5 nitrogen and oxygen atoms in total. The SMILES string of the molecule is Cc1nnc(CC2CNCCO2)n1C1CC1. The average molecular weight is 222 g/mol. The van der Waals surface area contributed by atoms with Crippen LogP contribution in [0, 0.1) is 6.92 Å². The third kappa shape index (κ3) is 1.97. The molecule has 0 radical (unpaired) electrons. The van der Waals surface area contributed by atoms with Gasteiger partial charge in [0.2, 0.25) is 0 Å². The topological polar surface area (TPSA) is 52.0 Å². The van der Waals surface area contributed by atoms with Crippen LogP contribution >= 0.6 is 0 Å².